The number of nitrogens with one attached hydrogen (secondary N) is 1. The molecule has 35 heavy (non-hydrogen) atoms. The van der Waals surface area contributed by atoms with Crippen LogP contribution in [0.5, 0.6) is 0 Å². The maximum atomic E-state index is 13.2. The molecule has 1 saturated heterocycles. The Morgan fingerprint density at radius 2 is 1.63 bits per heavy atom. The lowest BCUT2D eigenvalue weighted by Gasteiger charge is -2.32. The molecule has 3 aromatic carbocycles. The number of rotatable bonds is 4. The number of aromatic nitrogens is 2. The SMILES string of the molecule is O=C(c1ccc(-c2n[nH]c3c2CCCc2ccccc2-3)cc1)N1CCC(Cc2ccccc2)CC1. The quantitative estimate of drug-likeness (QED) is 0.386. The number of fused-ring (bicyclic) bond motifs is 3. The molecule has 1 aliphatic heterocycles. The summed E-state index contributed by atoms with van der Waals surface area (Å²) in [5.41, 5.74) is 9.32. The summed E-state index contributed by atoms with van der Waals surface area (Å²) in [7, 11) is 0. The van der Waals surface area contributed by atoms with Crippen molar-refractivity contribution in [1.82, 2.24) is 15.1 Å². The van der Waals surface area contributed by atoms with E-state index < -0.39 is 0 Å². The molecule has 0 atom stereocenters. The number of nitrogens with zero attached hydrogens (tertiary/aromatic N) is 2. The standard InChI is InChI=1S/C31H31N3O/c35-31(34-19-17-23(18-20-34)21-22-7-2-1-3-8-22)26-15-13-25(14-16-26)29-28-12-6-10-24-9-4-5-11-27(24)30(28)33-32-29/h1-5,7-9,11,13-16,23H,6,10,12,17-21H2,(H,32,33). The van der Waals surface area contributed by atoms with E-state index in [0.717, 1.165) is 74.1 Å². The Kier molecular flexibility index (Phi) is 5.95. The highest BCUT2D eigenvalue weighted by atomic mass is 16.2. The minimum atomic E-state index is 0.143. The van der Waals surface area contributed by atoms with E-state index in [1.165, 1.54) is 22.3 Å². The van der Waals surface area contributed by atoms with Crippen LogP contribution >= 0.6 is 0 Å². The lowest BCUT2D eigenvalue weighted by molar-refractivity contribution is 0.0690. The lowest BCUT2D eigenvalue weighted by atomic mass is 9.90. The summed E-state index contributed by atoms with van der Waals surface area (Å²) < 4.78 is 0. The van der Waals surface area contributed by atoms with Gasteiger partial charge in [-0.1, -0.05) is 66.7 Å². The largest absolute Gasteiger partial charge is 0.339 e. The summed E-state index contributed by atoms with van der Waals surface area (Å²) in [6.45, 7) is 1.68. The second-order valence-electron chi connectivity index (χ2n) is 9.94. The van der Waals surface area contributed by atoms with Crippen LogP contribution in [-0.2, 0) is 19.3 Å². The van der Waals surface area contributed by atoms with E-state index in [9.17, 15) is 4.79 Å². The van der Waals surface area contributed by atoms with Crippen LogP contribution < -0.4 is 0 Å². The summed E-state index contributed by atoms with van der Waals surface area (Å²) >= 11 is 0. The van der Waals surface area contributed by atoms with Gasteiger partial charge in [-0.25, -0.2) is 0 Å². The minimum Gasteiger partial charge on any atom is -0.339 e. The highest BCUT2D eigenvalue weighted by Gasteiger charge is 2.25. The first-order valence-corrected chi connectivity index (χ1v) is 12.9. The summed E-state index contributed by atoms with van der Waals surface area (Å²) in [6.07, 6.45) is 6.46. The third kappa shape index (κ3) is 4.41. The van der Waals surface area contributed by atoms with E-state index in [1.54, 1.807) is 0 Å². The number of aromatic amines is 1. The molecule has 2 aliphatic rings. The summed E-state index contributed by atoms with van der Waals surface area (Å²) in [5.74, 6) is 0.799. The molecule has 0 spiro atoms. The van der Waals surface area contributed by atoms with Crippen LogP contribution in [-0.4, -0.2) is 34.1 Å². The van der Waals surface area contributed by atoms with Gasteiger partial charge in [-0.15, -0.1) is 0 Å². The number of likely N-dealkylation sites (tertiary alicyclic amines) is 1. The molecule has 6 rings (SSSR count). The predicted molar refractivity (Wildman–Crippen MR) is 140 cm³/mol. The van der Waals surface area contributed by atoms with Crippen LogP contribution in [0, 0.1) is 5.92 Å². The normalized spacial score (nSPS) is 15.8. The summed E-state index contributed by atoms with van der Waals surface area (Å²) in [6, 6.07) is 27.4. The number of H-pyrrole nitrogens is 1. The Hall–Kier alpha value is -3.66. The Morgan fingerprint density at radius 3 is 2.43 bits per heavy atom. The van der Waals surface area contributed by atoms with Crippen molar-refractivity contribution in [3.63, 3.8) is 0 Å². The Labute approximate surface area is 207 Å². The Morgan fingerprint density at radius 1 is 0.886 bits per heavy atom. The molecular formula is C31H31N3O. The molecule has 4 aromatic rings. The number of aryl methyl sites for hydroxylation is 1. The van der Waals surface area contributed by atoms with Crippen molar-refractivity contribution >= 4 is 5.91 Å². The van der Waals surface area contributed by atoms with E-state index in [4.69, 9.17) is 5.10 Å². The molecule has 1 N–H and O–H groups in total. The number of carbonyl (C=O) groups excluding carboxylic acids is 1. The van der Waals surface area contributed by atoms with Gasteiger partial charge in [-0.05, 0) is 67.7 Å². The number of benzene rings is 3. The van der Waals surface area contributed by atoms with Crippen LogP contribution in [0.4, 0.5) is 0 Å². The molecule has 1 aromatic heterocycles. The summed E-state index contributed by atoms with van der Waals surface area (Å²) in [4.78, 5) is 15.2. The molecule has 0 bridgehead atoms. The Bertz CT molecular complexity index is 1320. The van der Waals surface area contributed by atoms with Crippen molar-refractivity contribution in [2.45, 2.75) is 38.5 Å². The fourth-order valence-corrected chi connectivity index (χ4v) is 5.75. The van der Waals surface area contributed by atoms with Gasteiger partial charge < -0.3 is 4.90 Å². The van der Waals surface area contributed by atoms with E-state index in [2.05, 4.69) is 71.8 Å². The van der Waals surface area contributed by atoms with Crippen LogP contribution in [0.3, 0.4) is 0 Å². The molecule has 1 fully saturated rings. The molecule has 176 valence electrons. The van der Waals surface area contributed by atoms with Crippen molar-refractivity contribution in [2.24, 2.45) is 5.92 Å². The van der Waals surface area contributed by atoms with Gasteiger partial charge in [0.05, 0.1) is 11.4 Å². The molecule has 2 heterocycles. The zero-order valence-electron chi connectivity index (χ0n) is 20.0. The third-order valence-electron chi connectivity index (χ3n) is 7.70. The molecule has 4 nitrogen and oxygen atoms in total. The van der Waals surface area contributed by atoms with Crippen LogP contribution in [0.25, 0.3) is 22.5 Å². The van der Waals surface area contributed by atoms with Gasteiger partial charge in [0.15, 0.2) is 0 Å². The monoisotopic (exact) mass is 461 g/mol. The number of carbonyl (C=O) groups is 1. The van der Waals surface area contributed by atoms with Crippen LogP contribution in [0.2, 0.25) is 0 Å². The number of piperidine rings is 1. The molecule has 4 heteroatoms. The minimum absolute atomic E-state index is 0.143. The van der Waals surface area contributed by atoms with E-state index in [1.807, 2.05) is 17.0 Å². The smallest absolute Gasteiger partial charge is 0.253 e. The average molecular weight is 462 g/mol. The maximum Gasteiger partial charge on any atom is 0.253 e. The second kappa shape index (κ2) is 9.53. The van der Waals surface area contributed by atoms with Gasteiger partial charge in [0, 0.05) is 35.3 Å². The molecule has 0 radical (unpaired) electrons. The Balaban J connectivity index is 1.14. The van der Waals surface area contributed by atoms with Crippen molar-refractivity contribution < 1.29 is 4.79 Å². The van der Waals surface area contributed by atoms with Crippen molar-refractivity contribution in [1.29, 1.82) is 0 Å². The first-order valence-electron chi connectivity index (χ1n) is 12.9. The summed E-state index contributed by atoms with van der Waals surface area (Å²) in [5, 5.41) is 8.00. The average Bonchev–Trinajstić information content (AvgIpc) is 3.24. The lowest BCUT2D eigenvalue weighted by Crippen LogP contribution is -2.38. The van der Waals surface area contributed by atoms with Gasteiger partial charge in [0.25, 0.3) is 5.91 Å². The molecule has 1 aliphatic carbocycles. The van der Waals surface area contributed by atoms with Gasteiger partial charge in [0.2, 0.25) is 0 Å². The fourth-order valence-electron chi connectivity index (χ4n) is 5.75. The van der Waals surface area contributed by atoms with Gasteiger partial charge >= 0.3 is 0 Å². The van der Waals surface area contributed by atoms with Crippen molar-refractivity contribution in [3.8, 4) is 22.5 Å². The molecular weight excluding hydrogens is 430 g/mol. The van der Waals surface area contributed by atoms with E-state index >= 15 is 0 Å². The maximum absolute atomic E-state index is 13.2. The van der Waals surface area contributed by atoms with Crippen molar-refractivity contribution in [2.75, 3.05) is 13.1 Å². The van der Waals surface area contributed by atoms with Gasteiger partial charge in [-0.3, -0.25) is 9.89 Å². The van der Waals surface area contributed by atoms with Crippen LogP contribution in [0.15, 0.2) is 78.9 Å². The van der Waals surface area contributed by atoms with Crippen LogP contribution in [0.1, 0.15) is 46.3 Å². The van der Waals surface area contributed by atoms with Gasteiger partial charge in [-0.2, -0.15) is 5.10 Å². The topological polar surface area (TPSA) is 49.0 Å². The number of hydrogen-bond acceptors (Lipinski definition) is 2. The number of amides is 1. The molecule has 0 saturated carbocycles. The van der Waals surface area contributed by atoms with E-state index in [0.29, 0.717) is 5.92 Å². The number of hydrogen-bond donors (Lipinski definition) is 1. The fraction of sp³-hybridized carbons (Fsp3) is 0.290. The van der Waals surface area contributed by atoms with E-state index in [-0.39, 0.29) is 5.91 Å². The second-order valence-corrected chi connectivity index (χ2v) is 9.94. The predicted octanol–water partition coefficient (Wildman–Crippen LogP) is 6.33. The molecule has 1 amide bonds. The first-order chi connectivity index (χ1) is 17.3. The first kappa shape index (κ1) is 21.8. The zero-order chi connectivity index (χ0) is 23.6. The highest BCUT2D eigenvalue weighted by molar-refractivity contribution is 5.95. The van der Waals surface area contributed by atoms with Crippen molar-refractivity contribution in [3.05, 3.63) is 101 Å². The molecule has 0 unspecified atom stereocenters. The third-order valence-corrected chi connectivity index (χ3v) is 7.70. The zero-order valence-corrected chi connectivity index (χ0v) is 20.0. The highest BCUT2D eigenvalue weighted by Crippen LogP contribution is 2.36. The van der Waals surface area contributed by atoms with Gasteiger partial charge in [0.1, 0.15) is 0 Å².